The summed E-state index contributed by atoms with van der Waals surface area (Å²) in [5, 5.41) is 3.82. The summed E-state index contributed by atoms with van der Waals surface area (Å²) >= 11 is 6.38. The predicted molar refractivity (Wildman–Crippen MR) is 134 cm³/mol. The highest BCUT2D eigenvalue weighted by Crippen LogP contribution is 2.28. The molecule has 0 aromatic heterocycles. The summed E-state index contributed by atoms with van der Waals surface area (Å²) in [6, 6.07) is 5.88. The minimum absolute atomic E-state index is 0.0469. The minimum atomic E-state index is 0.0469. The summed E-state index contributed by atoms with van der Waals surface area (Å²) in [7, 11) is 0. The van der Waals surface area contributed by atoms with Crippen molar-refractivity contribution in [2.24, 2.45) is 16.5 Å². The highest BCUT2D eigenvalue weighted by molar-refractivity contribution is 6.33. The molecule has 0 bridgehead atoms. The molecular weight excluding hydrogens is 394 g/mol. The van der Waals surface area contributed by atoms with E-state index in [1.165, 1.54) is 0 Å². The molecule has 166 valence electrons. The largest absolute Gasteiger partial charge is 0.397 e. The number of nitrogens with one attached hydrogen (secondary N) is 1. The second kappa shape index (κ2) is 13.1. The van der Waals surface area contributed by atoms with Crippen LogP contribution in [-0.4, -0.2) is 29.9 Å². The van der Waals surface area contributed by atoms with Crippen molar-refractivity contribution in [2.75, 3.05) is 18.4 Å². The maximum Gasteiger partial charge on any atom is 0.101 e. The predicted octanol–water partition coefficient (Wildman–Crippen LogP) is 5.75. The minimum Gasteiger partial charge on any atom is -0.397 e. The Morgan fingerprint density at radius 1 is 1.27 bits per heavy atom. The Morgan fingerprint density at radius 3 is 2.47 bits per heavy atom. The average Bonchev–Trinajstić information content (AvgIpc) is 2.71. The van der Waals surface area contributed by atoms with Crippen LogP contribution in [0.3, 0.4) is 0 Å². The fourth-order valence-electron chi connectivity index (χ4n) is 2.86. The molecule has 0 radical (unpaired) electrons. The third-order valence-corrected chi connectivity index (χ3v) is 4.98. The van der Waals surface area contributed by atoms with Gasteiger partial charge < -0.3 is 21.7 Å². The number of benzene rings is 1. The van der Waals surface area contributed by atoms with Gasteiger partial charge in [-0.25, -0.2) is 4.99 Å². The van der Waals surface area contributed by atoms with E-state index in [2.05, 4.69) is 42.6 Å². The van der Waals surface area contributed by atoms with Gasteiger partial charge in [0.2, 0.25) is 0 Å². The third-order valence-electron chi connectivity index (χ3n) is 4.66. The fraction of sp³-hybridized carbons (Fsp3) is 0.458. The van der Waals surface area contributed by atoms with E-state index in [1.54, 1.807) is 0 Å². The van der Waals surface area contributed by atoms with Crippen molar-refractivity contribution in [3.05, 3.63) is 59.0 Å². The van der Waals surface area contributed by atoms with Crippen molar-refractivity contribution in [3.8, 4) is 0 Å². The van der Waals surface area contributed by atoms with Gasteiger partial charge in [0.1, 0.15) is 5.84 Å². The molecule has 1 unspecified atom stereocenters. The quantitative estimate of drug-likeness (QED) is 0.237. The van der Waals surface area contributed by atoms with E-state index in [0.29, 0.717) is 22.8 Å². The van der Waals surface area contributed by atoms with Crippen LogP contribution in [0.25, 0.3) is 5.57 Å². The topological polar surface area (TPSA) is 79.7 Å². The molecule has 0 aliphatic carbocycles. The van der Waals surface area contributed by atoms with Crippen molar-refractivity contribution >= 4 is 28.7 Å². The molecule has 5 N–H and O–H groups in total. The van der Waals surface area contributed by atoms with Gasteiger partial charge in [0.25, 0.3) is 0 Å². The van der Waals surface area contributed by atoms with Gasteiger partial charge in [-0.1, -0.05) is 44.2 Å². The Hall–Kier alpha value is -2.24. The highest BCUT2D eigenvalue weighted by Gasteiger charge is 2.07. The number of aliphatic imine (C=N–C) groups is 1. The number of hydrogen-bond donors (Lipinski definition) is 3. The van der Waals surface area contributed by atoms with Crippen LogP contribution in [0.5, 0.6) is 0 Å². The zero-order valence-corrected chi connectivity index (χ0v) is 19.9. The lowest BCUT2D eigenvalue weighted by Gasteiger charge is -2.22. The van der Waals surface area contributed by atoms with Crippen LogP contribution in [0, 0.1) is 0 Å². The Bertz CT molecular complexity index is 787. The number of nitrogens with zero attached hydrogens (tertiary/aromatic N) is 2. The summed E-state index contributed by atoms with van der Waals surface area (Å²) in [6.07, 6.45) is 6.68. The molecule has 0 saturated heterocycles. The second-order valence-corrected chi connectivity index (χ2v) is 8.05. The molecule has 0 spiro atoms. The van der Waals surface area contributed by atoms with Crippen LogP contribution in [0.2, 0.25) is 5.02 Å². The highest BCUT2D eigenvalue weighted by atomic mass is 35.5. The SMILES string of the molecule is C=C(Nc1cc(/C(C)=C/N=C(\C)N(CCC)CCC)ccc1Cl)/C(N)=C/CC(C)N. The van der Waals surface area contributed by atoms with E-state index >= 15 is 0 Å². The van der Waals surface area contributed by atoms with E-state index in [4.69, 9.17) is 23.1 Å². The van der Waals surface area contributed by atoms with E-state index in [1.807, 2.05) is 44.3 Å². The molecule has 1 aromatic rings. The zero-order valence-electron chi connectivity index (χ0n) is 19.1. The van der Waals surface area contributed by atoms with E-state index in [-0.39, 0.29) is 6.04 Å². The average molecular weight is 432 g/mol. The number of allylic oxidation sites excluding steroid dienone is 1. The van der Waals surface area contributed by atoms with Crippen LogP contribution in [-0.2, 0) is 0 Å². The van der Waals surface area contributed by atoms with E-state index in [0.717, 1.165) is 48.6 Å². The van der Waals surface area contributed by atoms with E-state index < -0.39 is 0 Å². The summed E-state index contributed by atoms with van der Waals surface area (Å²) in [5.74, 6) is 1.03. The monoisotopic (exact) mass is 431 g/mol. The Balaban J connectivity index is 3.01. The van der Waals surface area contributed by atoms with Crippen LogP contribution in [0.4, 0.5) is 5.69 Å². The van der Waals surface area contributed by atoms with Gasteiger partial charge in [-0.05, 0) is 63.3 Å². The van der Waals surface area contributed by atoms with Crippen molar-refractivity contribution in [2.45, 2.75) is 59.9 Å². The smallest absolute Gasteiger partial charge is 0.101 e. The normalized spacial score (nSPS) is 13.9. The summed E-state index contributed by atoms with van der Waals surface area (Å²) < 4.78 is 0. The summed E-state index contributed by atoms with van der Waals surface area (Å²) in [4.78, 5) is 7.01. The lowest BCUT2D eigenvalue weighted by Crippen LogP contribution is -2.30. The van der Waals surface area contributed by atoms with Crippen LogP contribution in [0.15, 0.2) is 53.4 Å². The Morgan fingerprint density at radius 2 is 1.90 bits per heavy atom. The van der Waals surface area contributed by atoms with Gasteiger partial charge in [0, 0.05) is 25.3 Å². The maximum absolute atomic E-state index is 6.38. The van der Waals surface area contributed by atoms with Gasteiger partial charge >= 0.3 is 0 Å². The summed E-state index contributed by atoms with van der Waals surface area (Å²) in [6.45, 7) is 16.5. The number of halogens is 1. The number of amidine groups is 1. The summed E-state index contributed by atoms with van der Waals surface area (Å²) in [5.41, 5.74) is 15.9. The molecule has 0 fully saturated rings. The molecule has 6 heteroatoms. The fourth-order valence-corrected chi connectivity index (χ4v) is 3.02. The Labute approximate surface area is 187 Å². The van der Waals surface area contributed by atoms with Crippen LogP contribution >= 0.6 is 11.6 Å². The lowest BCUT2D eigenvalue weighted by atomic mass is 10.1. The molecule has 1 rings (SSSR count). The van der Waals surface area contributed by atoms with Gasteiger partial charge in [-0.3, -0.25) is 0 Å². The first kappa shape index (κ1) is 25.8. The maximum atomic E-state index is 6.38. The first-order chi connectivity index (χ1) is 14.2. The molecule has 0 saturated carbocycles. The van der Waals surface area contributed by atoms with Gasteiger partial charge in [0.05, 0.1) is 22.1 Å². The third kappa shape index (κ3) is 8.64. The standard InChI is InChI=1S/C24H38ClN5/c1-7-13-30(14-8-2)20(6)28-16-17(3)21-10-11-22(25)24(15-21)29-19(5)23(27)12-9-18(4)26/h10-12,15-16,18,29H,5,7-9,13-14,26-27H2,1-4,6H3/b17-16+,23-12-,28-20+. The van der Waals surface area contributed by atoms with Gasteiger partial charge in [-0.2, -0.15) is 0 Å². The molecule has 0 aliphatic rings. The van der Waals surface area contributed by atoms with E-state index in [9.17, 15) is 0 Å². The van der Waals surface area contributed by atoms with Crippen LogP contribution < -0.4 is 16.8 Å². The van der Waals surface area contributed by atoms with Crippen LogP contribution in [0.1, 0.15) is 59.4 Å². The number of nitrogens with two attached hydrogens (primary N) is 2. The molecule has 0 heterocycles. The molecule has 0 amide bonds. The first-order valence-corrected chi connectivity index (χ1v) is 11.0. The first-order valence-electron chi connectivity index (χ1n) is 10.6. The van der Waals surface area contributed by atoms with Crippen molar-refractivity contribution in [1.29, 1.82) is 0 Å². The van der Waals surface area contributed by atoms with Crippen molar-refractivity contribution < 1.29 is 0 Å². The zero-order chi connectivity index (χ0) is 22.7. The molecular formula is C24H38ClN5. The number of hydrogen-bond acceptors (Lipinski definition) is 4. The molecule has 1 atom stereocenters. The number of rotatable bonds is 11. The van der Waals surface area contributed by atoms with Crippen molar-refractivity contribution in [1.82, 2.24) is 4.90 Å². The lowest BCUT2D eigenvalue weighted by molar-refractivity contribution is 0.414. The van der Waals surface area contributed by atoms with Gasteiger partial charge in [0.15, 0.2) is 0 Å². The second-order valence-electron chi connectivity index (χ2n) is 7.65. The molecule has 0 aliphatic heterocycles. The molecule has 30 heavy (non-hydrogen) atoms. The molecule has 5 nitrogen and oxygen atoms in total. The Kier molecular flexibility index (Phi) is 11.3. The molecule has 1 aromatic carbocycles. The van der Waals surface area contributed by atoms with Crippen molar-refractivity contribution in [3.63, 3.8) is 0 Å². The van der Waals surface area contributed by atoms with Gasteiger partial charge in [-0.15, -0.1) is 0 Å². The number of anilines is 1.